The highest BCUT2D eigenvalue weighted by molar-refractivity contribution is 7.26. The molecule has 0 fully saturated rings. The molecular weight excluding hydrogens is 785 g/mol. The quantitative estimate of drug-likeness (QED) is 0.177. The van der Waals surface area contributed by atoms with Crippen molar-refractivity contribution in [1.29, 1.82) is 0 Å². The van der Waals surface area contributed by atoms with Crippen LogP contribution in [0.4, 0.5) is 0 Å². The molecule has 292 valence electrons. The SMILES string of the molecule is c1cc(-c2nc3ccccc3nc2-c2cccc3c2sc2ccccc23)cc(-n2c3ccccc3c3cc4c(-n5c6ccccc6c6c7ccccc7ccc65)cccc4cc32)c1. The maximum atomic E-state index is 5.39. The van der Waals surface area contributed by atoms with Crippen LogP contribution in [0.1, 0.15) is 0 Å². The van der Waals surface area contributed by atoms with Gasteiger partial charge < -0.3 is 9.13 Å². The second-order valence-corrected chi connectivity index (χ2v) is 17.5. The van der Waals surface area contributed by atoms with Crippen LogP contribution >= 0.6 is 11.3 Å². The van der Waals surface area contributed by atoms with Gasteiger partial charge in [-0.25, -0.2) is 9.97 Å². The number of benzene rings is 10. The van der Waals surface area contributed by atoms with Crippen molar-refractivity contribution in [2.24, 2.45) is 0 Å². The van der Waals surface area contributed by atoms with Gasteiger partial charge in [-0.2, -0.15) is 0 Å². The topological polar surface area (TPSA) is 35.6 Å². The van der Waals surface area contributed by atoms with Crippen molar-refractivity contribution < 1.29 is 0 Å². The molecule has 10 aromatic carbocycles. The van der Waals surface area contributed by atoms with Crippen molar-refractivity contribution in [1.82, 2.24) is 19.1 Å². The first-order chi connectivity index (χ1) is 31.2. The third kappa shape index (κ3) is 5.03. The van der Waals surface area contributed by atoms with Crippen LogP contribution in [0.15, 0.2) is 206 Å². The summed E-state index contributed by atoms with van der Waals surface area (Å²) in [7, 11) is 0. The van der Waals surface area contributed by atoms with Crippen LogP contribution in [0.3, 0.4) is 0 Å². The molecule has 0 amide bonds. The molecule has 0 bridgehead atoms. The van der Waals surface area contributed by atoms with E-state index in [1.165, 1.54) is 80.0 Å². The maximum absolute atomic E-state index is 5.39. The fraction of sp³-hybridized carbons (Fsp3) is 0. The van der Waals surface area contributed by atoms with Gasteiger partial charge in [-0.1, -0.05) is 140 Å². The molecular formula is C58H34N4S. The summed E-state index contributed by atoms with van der Waals surface area (Å²) in [6.07, 6.45) is 0. The van der Waals surface area contributed by atoms with E-state index < -0.39 is 0 Å². The molecule has 4 nitrogen and oxygen atoms in total. The third-order valence-corrected chi connectivity index (χ3v) is 14.3. The van der Waals surface area contributed by atoms with E-state index in [1.807, 2.05) is 23.5 Å². The number of hydrogen-bond acceptors (Lipinski definition) is 3. The van der Waals surface area contributed by atoms with Gasteiger partial charge in [-0.3, -0.25) is 0 Å². The van der Waals surface area contributed by atoms with Crippen molar-refractivity contribution >= 4 is 108 Å². The zero-order valence-corrected chi connectivity index (χ0v) is 34.6. The van der Waals surface area contributed by atoms with Gasteiger partial charge in [0.1, 0.15) is 0 Å². The lowest BCUT2D eigenvalue weighted by Crippen LogP contribution is -1.98. The first kappa shape index (κ1) is 34.6. The fourth-order valence-corrected chi connectivity index (χ4v) is 11.5. The number of aromatic nitrogens is 4. The highest BCUT2D eigenvalue weighted by atomic mass is 32.1. The molecule has 4 aromatic heterocycles. The van der Waals surface area contributed by atoms with Gasteiger partial charge in [0.15, 0.2) is 0 Å². The van der Waals surface area contributed by atoms with Crippen LogP contribution < -0.4 is 0 Å². The lowest BCUT2D eigenvalue weighted by Gasteiger charge is -2.15. The van der Waals surface area contributed by atoms with Gasteiger partial charge >= 0.3 is 0 Å². The summed E-state index contributed by atoms with van der Waals surface area (Å²) in [6, 6.07) is 74.8. The Labute approximate surface area is 365 Å². The third-order valence-electron chi connectivity index (χ3n) is 13.1. The van der Waals surface area contributed by atoms with Gasteiger partial charge in [-0.15, -0.1) is 11.3 Å². The monoisotopic (exact) mass is 818 g/mol. The van der Waals surface area contributed by atoms with Gasteiger partial charge in [0.25, 0.3) is 0 Å². The number of nitrogens with zero attached hydrogens (tertiary/aromatic N) is 4. The van der Waals surface area contributed by atoms with Crippen LogP contribution in [-0.4, -0.2) is 19.1 Å². The molecule has 14 aromatic rings. The highest BCUT2D eigenvalue weighted by Crippen LogP contribution is 2.44. The molecule has 0 aliphatic heterocycles. The van der Waals surface area contributed by atoms with E-state index in [4.69, 9.17) is 9.97 Å². The molecule has 4 heterocycles. The summed E-state index contributed by atoms with van der Waals surface area (Å²) in [5.74, 6) is 0. The summed E-state index contributed by atoms with van der Waals surface area (Å²) in [5, 5.41) is 12.4. The Bertz CT molecular complexity index is 4230. The van der Waals surface area contributed by atoms with Crippen LogP contribution in [0.25, 0.3) is 130 Å². The minimum atomic E-state index is 0.871. The Morgan fingerprint density at radius 3 is 1.90 bits per heavy atom. The van der Waals surface area contributed by atoms with Crippen molar-refractivity contribution in [3.05, 3.63) is 206 Å². The Morgan fingerprint density at radius 1 is 0.365 bits per heavy atom. The predicted molar refractivity (Wildman–Crippen MR) is 267 cm³/mol. The van der Waals surface area contributed by atoms with Crippen molar-refractivity contribution in [3.8, 4) is 33.9 Å². The molecule has 0 spiro atoms. The minimum absolute atomic E-state index is 0.871. The molecule has 0 atom stereocenters. The van der Waals surface area contributed by atoms with E-state index in [9.17, 15) is 0 Å². The molecule has 0 saturated heterocycles. The van der Waals surface area contributed by atoms with E-state index in [-0.39, 0.29) is 0 Å². The lowest BCUT2D eigenvalue weighted by atomic mass is 10.0. The molecule has 5 heteroatoms. The van der Waals surface area contributed by atoms with Gasteiger partial charge in [-0.05, 0) is 82.9 Å². The Morgan fingerprint density at radius 2 is 1.03 bits per heavy atom. The van der Waals surface area contributed by atoms with E-state index in [0.717, 1.165) is 50.3 Å². The van der Waals surface area contributed by atoms with E-state index >= 15 is 0 Å². The Kier molecular flexibility index (Phi) is 7.24. The van der Waals surface area contributed by atoms with Gasteiger partial charge in [0.05, 0.1) is 50.2 Å². The summed E-state index contributed by atoms with van der Waals surface area (Å²) in [5.41, 5.74) is 12.6. The predicted octanol–water partition coefficient (Wildman–Crippen LogP) is 15.8. The molecule has 0 N–H and O–H groups in total. The molecule has 14 rings (SSSR count). The first-order valence-corrected chi connectivity index (χ1v) is 22.2. The minimum Gasteiger partial charge on any atom is -0.309 e. The van der Waals surface area contributed by atoms with Crippen molar-refractivity contribution in [3.63, 3.8) is 0 Å². The van der Waals surface area contributed by atoms with E-state index in [1.54, 1.807) is 0 Å². The highest BCUT2D eigenvalue weighted by Gasteiger charge is 2.21. The zero-order chi connectivity index (χ0) is 41.2. The number of thiophene rings is 1. The molecule has 0 aliphatic carbocycles. The second-order valence-electron chi connectivity index (χ2n) is 16.5. The zero-order valence-electron chi connectivity index (χ0n) is 33.8. The summed E-state index contributed by atoms with van der Waals surface area (Å²) < 4.78 is 7.39. The van der Waals surface area contributed by atoms with Gasteiger partial charge in [0.2, 0.25) is 0 Å². The van der Waals surface area contributed by atoms with Crippen LogP contribution in [-0.2, 0) is 0 Å². The number of para-hydroxylation sites is 4. The Balaban J connectivity index is 0.995. The number of fused-ring (bicyclic) bond motifs is 13. The van der Waals surface area contributed by atoms with Crippen LogP contribution in [0.5, 0.6) is 0 Å². The normalized spacial score (nSPS) is 12.1. The molecule has 63 heavy (non-hydrogen) atoms. The van der Waals surface area contributed by atoms with E-state index in [2.05, 4.69) is 203 Å². The average molecular weight is 819 g/mol. The average Bonchev–Trinajstić information content (AvgIpc) is 4.00. The molecule has 0 aliphatic rings. The van der Waals surface area contributed by atoms with E-state index in [0.29, 0.717) is 0 Å². The Hall–Kier alpha value is -8.12. The van der Waals surface area contributed by atoms with Crippen LogP contribution in [0.2, 0.25) is 0 Å². The van der Waals surface area contributed by atoms with Crippen LogP contribution in [0, 0.1) is 0 Å². The molecule has 0 saturated carbocycles. The fourth-order valence-electron chi connectivity index (χ4n) is 10.3. The molecule has 0 unspecified atom stereocenters. The van der Waals surface area contributed by atoms with Gasteiger partial charge in [0, 0.05) is 63.9 Å². The largest absolute Gasteiger partial charge is 0.309 e. The second kappa shape index (κ2) is 13.2. The van der Waals surface area contributed by atoms with Crippen molar-refractivity contribution in [2.75, 3.05) is 0 Å². The smallest absolute Gasteiger partial charge is 0.0987 e. The summed E-state index contributed by atoms with van der Waals surface area (Å²) in [4.78, 5) is 10.8. The number of hydrogen-bond donors (Lipinski definition) is 0. The lowest BCUT2D eigenvalue weighted by molar-refractivity contribution is 1.18. The maximum Gasteiger partial charge on any atom is 0.0987 e. The standard InChI is InChI=1S/C58H34N4S/c1-2-18-39-35(14-1)30-31-52-55(39)43-21-4-9-27-50(43)62(52)51-28-12-15-36-33-53-46(34-45(36)51)40-19-3-8-26-49(40)61(53)38-17-11-16-37(32-38)56-57(60-48-25-7-6-24-47(48)59-56)44-23-13-22-42-41-20-5-10-29-54(41)63-58(42)44/h1-34H. The summed E-state index contributed by atoms with van der Waals surface area (Å²) in [6.45, 7) is 0. The van der Waals surface area contributed by atoms with Crippen molar-refractivity contribution in [2.45, 2.75) is 0 Å². The summed E-state index contributed by atoms with van der Waals surface area (Å²) >= 11 is 1.82. The number of rotatable bonds is 4. The molecule has 0 radical (unpaired) electrons. The first-order valence-electron chi connectivity index (χ1n) is 21.4.